The van der Waals surface area contributed by atoms with Crippen LogP contribution in [0, 0.1) is 0 Å². The lowest BCUT2D eigenvalue weighted by Gasteiger charge is -2.11. The standard InChI is InChI=1S/C17H17N3O5/c1-23-13-6-5-11-8-19-20(17(22)15(11)16(13)24-2)10-14(21)18-9-12-4-3-7-25-12/h3-8H,9-10H2,1-2H3,(H,18,21). The minimum absolute atomic E-state index is 0.212. The van der Waals surface area contributed by atoms with E-state index in [1.54, 1.807) is 24.3 Å². The van der Waals surface area contributed by atoms with Crippen molar-refractivity contribution in [1.29, 1.82) is 0 Å². The molecule has 3 aromatic rings. The van der Waals surface area contributed by atoms with Crippen LogP contribution >= 0.6 is 0 Å². The summed E-state index contributed by atoms with van der Waals surface area (Å²) in [5.41, 5.74) is -0.429. The van der Waals surface area contributed by atoms with Gasteiger partial charge >= 0.3 is 0 Å². The highest BCUT2D eigenvalue weighted by atomic mass is 16.5. The quantitative estimate of drug-likeness (QED) is 0.725. The lowest BCUT2D eigenvalue weighted by molar-refractivity contribution is -0.122. The van der Waals surface area contributed by atoms with Crippen molar-refractivity contribution in [1.82, 2.24) is 15.1 Å². The number of carbonyl (C=O) groups excluding carboxylic acids is 1. The number of nitrogens with zero attached hydrogens (tertiary/aromatic N) is 2. The molecule has 130 valence electrons. The normalized spacial score (nSPS) is 10.6. The fourth-order valence-corrected chi connectivity index (χ4v) is 2.49. The molecule has 2 aromatic heterocycles. The molecule has 1 N–H and O–H groups in total. The van der Waals surface area contributed by atoms with Gasteiger partial charge in [-0.25, -0.2) is 4.68 Å². The van der Waals surface area contributed by atoms with E-state index in [0.717, 1.165) is 4.68 Å². The number of amides is 1. The number of fused-ring (bicyclic) bond motifs is 1. The van der Waals surface area contributed by atoms with Crippen LogP contribution < -0.4 is 20.3 Å². The first-order chi connectivity index (χ1) is 12.1. The van der Waals surface area contributed by atoms with E-state index in [1.807, 2.05) is 0 Å². The number of rotatable bonds is 6. The number of aromatic nitrogens is 2. The third kappa shape index (κ3) is 3.32. The summed E-state index contributed by atoms with van der Waals surface area (Å²) >= 11 is 0. The number of benzene rings is 1. The lowest BCUT2D eigenvalue weighted by atomic mass is 10.1. The van der Waals surface area contributed by atoms with Gasteiger partial charge in [0.25, 0.3) is 5.56 Å². The van der Waals surface area contributed by atoms with Crippen LogP contribution in [0.1, 0.15) is 5.76 Å². The topological polar surface area (TPSA) is 95.6 Å². The molecule has 8 heteroatoms. The Morgan fingerprint density at radius 2 is 2.12 bits per heavy atom. The Kier molecular flexibility index (Phi) is 4.69. The number of furan rings is 1. The van der Waals surface area contributed by atoms with E-state index in [4.69, 9.17) is 13.9 Å². The smallest absolute Gasteiger partial charge is 0.279 e. The van der Waals surface area contributed by atoms with Crippen LogP contribution in [0.5, 0.6) is 11.5 Å². The number of nitrogens with one attached hydrogen (secondary N) is 1. The molecule has 0 spiro atoms. The van der Waals surface area contributed by atoms with Gasteiger partial charge < -0.3 is 19.2 Å². The Hall–Kier alpha value is -3.29. The predicted molar refractivity (Wildman–Crippen MR) is 89.7 cm³/mol. The summed E-state index contributed by atoms with van der Waals surface area (Å²) in [5.74, 6) is 1.02. The van der Waals surface area contributed by atoms with Crippen LogP contribution in [0.3, 0.4) is 0 Å². The number of methoxy groups -OCH3 is 2. The van der Waals surface area contributed by atoms with Crippen LogP contribution in [0.4, 0.5) is 0 Å². The molecule has 0 fully saturated rings. The molecule has 0 bridgehead atoms. The van der Waals surface area contributed by atoms with E-state index in [1.165, 1.54) is 26.7 Å². The minimum atomic E-state index is -0.429. The molecule has 1 aromatic carbocycles. The Morgan fingerprint density at radius 1 is 1.28 bits per heavy atom. The molecule has 0 aliphatic heterocycles. The molecule has 3 rings (SSSR count). The predicted octanol–water partition coefficient (Wildman–Crippen LogP) is 1.32. The second kappa shape index (κ2) is 7.08. The molecule has 2 heterocycles. The van der Waals surface area contributed by atoms with Crippen molar-refractivity contribution in [2.24, 2.45) is 0 Å². The van der Waals surface area contributed by atoms with Gasteiger partial charge in [0.1, 0.15) is 12.3 Å². The number of hydrogen-bond donors (Lipinski definition) is 1. The molecule has 0 aliphatic carbocycles. The average molecular weight is 343 g/mol. The highest BCUT2D eigenvalue weighted by Crippen LogP contribution is 2.32. The Labute approximate surface area is 143 Å². The molecule has 8 nitrogen and oxygen atoms in total. The zero-order valence-electron chi connectivity index (χ0n) is 13.8. The van der Waals surface area contributed by atoms with E-state index >= 15 is 0 Å². The van der Waals surface area contributed by atoms with Crippen molar-refractivity contribution in [2.45, 2.75) is 13.1 Å². The fourth-order valence-electron chi connectivity index (χ4n) is 2.49. The third-order valence-corrected chi connectivity index (χ3v) is 3.70. The zero-order valence-corrected chi connectivity index (χ0v) is 13.8. The van der Waals surface area contributed by atoms with Gasteiger partial charge in [0, 0.05) is 5.39 Å². The molecule has 25 heavy (non-hydrogen) atoms. The van der Waals surface area contributed by atoms with Crippen LogP contribution in [0.2, 0.25) is 0 Å². The molecule has 0 radical (unpaired) electrons. The second-order valence-corrected chi connectivity index (χ2v) is 5.23. The summed E-state index contributed by atoms with van der Waals surface area (Å²) in [6.07, 6.45) is 3.04. The molecule has 0 saturated heterocycles. The van der Waals surface area contributed by atoms with Gasteiger partial charge in [0.15, 0.2) is 11.5 Å². The van der Waals surface area contributed by atoms with E-state index in [9.17, 15) is 9.59 Å². The van der Waals surface area contributed by atoms with Crippen molar-refractivity contribution >= 4 is 16.7 Å². The van der Waals surface area contributed by atoms with Crippen molar-refractivity contribution in [3.63, 3.8) is 0 Å². The van der Waals surface area contributed by atoms with Crippen molar-refractivity contribution < 1.29 is 18.7 Å². The maximum atomic E-state index is 12.7. The van der Waals surface area contributed by atoms with E-state index < -0.39 is 5.56 Å². The van der Waals surface area contributed by atoms with Crippen molar-refractivity contribution in [3.8, 4) is 11.5 Å². The minimum Gasteiger partial charge on any atom is -0.493 e. The monoisotopic (exact) mass is 343 g/mol. The molecular weight excluding hydrogens is 326 g/mol. The third-order valence-electron chi connectivity index (χ3n) is 3.70. The summed E-state index contributed by atoms with van der Waals surface area (Å²) in [4.78, 5) is 24.8. The summed E-state index contributed by atoms with van der Waals surface area (Å²) in [6, 6.07) is 6.89. The van der Waals surface area contributed by atoms with Gasteiger partial charge in [-0.05, 0) is 24.3 Å². The van der Waals surface area contributed by atoms with E-state index in [2.05, 4.69) is 10.4 Å². The molecule has 0 atom stereocenters. The van der Waals surface area contributed by atoms with Gasteiger partial charge in [-0.1, -0.05) is 0 Å². The number of carbonyl (C=O) groups is 1. The summed E-state index contributed by atoms with van der Waals surface area (Å²) in [6.45, 7) is 0.0289. The second-order valence-electron chi connectivity index (χ2n) is 5.23. The number of hydrogen-bond acceptors (Lipinski definition) is 6. The van der Waals surface area contributed by atoms with Crippen molar-refractivity contribution in [2.75, 3.05) is 14.2 Å². The highest BCUT2D eigenvalue weighted by Gasteiger charge is 2.16. The van der Waals surface area contributed by atoms with Gasteiger partial charge in [-0.3, -0.25) is 9.59 Å². The first kappa shape index (κ1) is 16.6. The molecule has 0 saturated carbocycles. The fraction of sp³-hybridized carbons (Fsp3) is 0.235. The highest BCUT2D eigenvalue weighted by molar-refractivity contribution is 5.89. The first-order valence-corrected chi connectivity index (χ1v) is 7.54. The molecule has 0 aliphatic rings. The average Bonchev–Trinajstić information content (AvgIpc) is 3.15. The molecule has 0 unspecified atom stereocenters. The van der Waals surface area contributed by atoms with Crippen LogP contribution in [-0.4, -0.2) is 29.9 Å². The Balaban J connectivity index is 1.88. The Morgan fingerprint density at radius 3 is 2.80 bits per heavy atom. The van der Waals surface area contributed by atoms with Gasteiger partial charge in [-0.15, -0.1) is 0 Å². The summed E-state index contributed by atoms with van der Waals surface area (Å²) < 4.78 is 16.8. The SMILES string of the molecule is COc1ccc2cnn(CC(=O)NCc3ccco3)c(=O)c2c1OC. The number of ether oxygens (including phenoxy) is 2. The summed E-state index contributed by atoms with van der Waals surface area (Å²) in [5, 5.41) is 7.64. The van der Waals surface area contributed by atoms with Gasteiger partial charge in [-0.2, -0.15) is 5.10 Å². The van der Waals surface area contributed by atoms with Crippen molar-refractivity contribution in [3.05, 3.63) is 52.8 Å². The largest absolute Gasteiger partial charge is 0.493 e. The summed E-state index contributed by atoms with van der Waals surface area (Å²) in [7, 11) is 2.95. The zero-order chi connectivity index (χ0) is 17.8. The molecular formula is C17H17N3O5. The first-order valence-electron chi connectivity index (χ1n) is 7.54. The van der Waals surface area contributed by atoms with Crippen LogP contribution in [-0.2, 0) is 17.9 Å². The lowest BCUT2D eigenvalue weighted by Crippen LogP contribution is -2.33. The van der Waals surface area contributed by atoms with Gasteiger partial charge in [0.2, 0.25) is 5.91 Å². The maximum absolute atomic E-state index is 12.7. The molecule has 1 amide bonds. The van der Waals surface area contributed by atoms with E-state index in [-0.39, 0.29) is 19.0 Å². The van der Waals surface area contributed by atoms with Crippen LogP contribution in [0.25, 0.3) is 10.8 Å². The van der Waals surface area contributed by atoms with Crippen LogP contribution in [0.15, 0.2) is 45.9 Å². The van der Waals surface area contributed by atoms with E-state index in [0.29, 0.717) is 28.0 Å². The Bertz CT molecular complexity index is 947. The van der Waals surface area contributed by atoms with Gasteiger partial charge in [0.05, 0.1) is 38.6 Å². The maximum Gasteiger partial charge on any atom is 0.279 e.